The second-order valence-electron chi connectivity index (χ2n) is 4.54. The van der Waals surface area contributed by atoms with Gasteiger partial charge in [0.2, 0.25) is 0 Å². The number of nitrogens with zero attached hydrogens (tertiary/aromatic N) is 1. The van der Waals surface area contributed by atoms with Gasteiger partial charge in [-0.25, -0.2) is 0 Å². The fourth-order valence-corrected chi connectivity index (χ4v) is 2.23. The second kappa shape index (κ2) is 6.81. The van der Waals surface area contributed by atoms with Crippen molar-refractivity contribution in [3.05, 3.63) is 0 Å². The zero-order valence-corrected chi connectivity index (χ0v) is 10.9. The smallest absolute Gasteiger partial charge is 0.0469 e. The number of halogens is 1. The minimum absolute atomic E-state index is 0.750. The minimum Gasteiger partial charge on any atom is -0.381 e. The molecule has 0 aromatic rings. The zero-order chi connectivity index (χ0) is 10.4. The highest BCUT2D eigenvalue weighted by molar-refractivity contribution is 9.09. The highest BCUT2D eigenvalue weighted by atomic mass is 79.9. The molecule has 0 radical (unpaired) electrons. The molecule has 1 atom stereocenters. The SMILES string of the molecule is CC(CBr)CN(C)CC1CCOCC1. The molecule has 1 fully saturated rings. The van der Waals surface area contributed by atoms with Crippen LogP contribution in [-0.4, -0.2) is 43.6 Å². The van der Waals surface area contributed by atoms with Gasteiger partial charge in [0.25, 0.3) is 0 Å². The summed E-state index contributed by atoms with van der Waals surface area (Å²) in [6, 6.07) is 0. The Morgan fingerprint density at radius 2 is 2.07 bits per heavy atom. The molecule has 0 aromatic heterocycles. The molecular formula is C11H22BrNO. The molecule has 0 aliphatic carbocycles. The molecule has 1 saturated heterocycles. The average Bonchev–Trinajstić information content (AvgIpc) is 2.19. The van der Waals surface area contributed by atoms with E-state index in [1.165, 1.54) is 25.9 Å². The molecular weight excluding hydrogens is 242 g/mol. The maximum Gasteiger partial charge on any atom is 0.0469 e. The van der Waals surface area contributed by atoms with Crippen molar-refractivity contribution >= 4 is 15.9 Å². The molecule has 1 heterocycles. The normalized spacial score (nSPS) is 21.4. The maximum absolute atomic E-state index is 5.36. The monoisotopic (exact) mass is 263 g/mol. The summed E-state index contributed by atoms with van der Waals surface area (Å²) in [5.41, 5.74) is 0. The zero-order valence-electron chi connectivity index (χ0n) is 9.34. The Morgan fingerprint density at radius 3 is 2.64 bits per heavy atom. The van der Waals surface area contributed by atoms with E-state index in [2.05, 4.69) is 34.8 Å². The van der Waals surface area contributed by atoms with Gasteiger partial charge in [-0.2, -0.15) is 0 Å². The van der Waals surface area contributed by atoms with E-state index in [9.17, 15) is 0 Å². The second-order valence-corrected chi connectivity index (χ2v) is 5.18. The van der Waals surface area contributed by atoms with Crippen LogP contribution < -0.4 is 0 Å². The first-order chi connectivity index (χ1) is 6.72. The molecule has 0 saturated carbocycles. The lowest BCUT2D eigenvalue weighted by molar-refractivity contribution is 0.0546. The van der Waals surface area contributed by atoms with Crippen LogP contribution in [0.2, 0.25) is 0 Å². The molecule has 84 valence electrons. The molecule has 2 nitrogen and oxygen atoms in total. The molecule has 0 spiro atoms. The van der Waals surface area contributed by atoms with Gasteiger partial charge in [0.05, 0.1) is 0 Å². The standard InChI is InChI=1S/C11H22BrNO/c1-10(7-12)8-13(2)9-11-3-5-14-6-4-11/h10-11H,3-9H2,1-2H3. The van der Waals surface area contributed by atoms with E-state index in [1.54, 1.807) is 0 Å². The van der Waals surface area contributed by atoms with E-state index in [0.29, 0.717) is 0 Å². The highest BCUT2D eigenvalue weighted by Crippen LogP contribution is 2.16. The van der Waals surface area contributed by atoms with Crippen LogP contribution in [-0.2, 0) is 4.74 Å². The molecule has 1 unspecified atom stereocenters. The van der Waals surface area contributed by atoms with Crippen molar-refractivity contribution in [2.75, 3.05) is 38.7 Å². The lowest BCUT2D eigenvalue weighted by Gasteiger charge is -2.28. The van der Waals surface area contributed by atoms with Gasteiger partial charge in [0.15, 0.2) is 0 Å². The summed E-state index contributed by atoms with van der Waals surface area (Å²) >= 11 is 3.52. The van der Waals surface area contributed by atoms with Gasteiger partial charge >= 0.3 is 0 Å². The summed E-state index contributed by atoms with van der Waals surface area (Å²) in [7, 11) is 2.23. The predicted octanol–water partition coefficient (Wildman–Crippen LogP) is 2.38. The van der Waals surface area contributed by atoms with Crippen molar-refractivity contribution in [1.29, 1.82) is 0 Å². The average molecular weight is 264 g/mol. The molecule has 3 heteroatoms. The van der Waals surface area contributed by atoms with Gasteiger partial charge in [-0.05, 0) is 31.7 Å². The van der Waals surface area contributed by atoms with Crippen LogP contribution in [0.5, 0.6) is 0 Å². The van der Waals surface area contributed by atoms with E-state index in [4.69, 9.17) is 4.74 Å². The third kappa shape index (κ3) is 4.76. The number of hydrogen-bond donors (Lipinski definition) is 0. The lowest BCUT2D eigenvalue weighted by atomic mass is 9.99. The highest BCUT2D eigenvalue weighted by Gasteiger charge is 2.16. The van der Waals surface area contributed by atoms with Crippen LogP contribution in [0.15, 0.2) is 0 Å². The van der Waals surface area contributed by atoms with Crippen molar-refractivity contribution in [3.8, 4) is 0 Å². The van der Waals surface area contributed by atoms with Crippen molar-refractivity contribution in [3.63, 3.8) is 0 Å². The number of ether oxygens (including phenoxy) is 1. The fraction of sp³-hybridized carbons (Fsp3) is 1.00. The molecule has 0 bridgehead atoms. The van der Waals surface area contributed by atoms with Crippen molar-refractivity contribution in [2.24, 2.45) is 11.8 Å². The quantitative estimate of drug-likeness (QED) is 0.707. The number of hydrogen-bond acceptors (Lipinski definition) is 2. The first kappa shape index (κ1) is 12.5. The Kier molecular flexibility index (Phi) is 6.06. The van der Waals surface area contributed by atoms with E-state index in [0.717, 1.165) is 30.4 Å². The maximum atomic E-state index is 5.36. The summed E-state index contributed by atoms with van der Waals surface area (Å²) in [5.74, 6) is 1.61. The summed E-state index contributed by atoms with van der Waals surface area (Å²) in [6.07, 6.45) is 2.49. The number of alkyl halides is 1. The molecule has 14 heavy (non-hydrogen) atoms. The lowest BCUT2D eigenvalue weighted by Crippen LogP contribution is -2.32. The van der Waals surface area contributed by atoms with Crippen molar-refractivity contribution in [1.82, 2.24) is 4.90 Å². The largest absolute Gasteiger partial charge is 0.381 e. The number of rotatable bonds is 5. The third-order valence-corrected chi connectivity index (χ3v) is 3.90. The van der Waals surface area contributed by atoms with E-state index in [1.807, 2.05) is 0 Å². The summed E-state index contributed by atoms with van der Waals surface area (Å²) in [5, 5.41) is 1.10. The van der Waals surface area contributed by atoms with Crippen LogP contribution in [0, 0.1) is 11.8 Å². The Balaban J connectivity index is 2.14. The Morgan fingerprint density at radius 1 is 1.43 bits per heavy atom. The van der Waals surface area contributed by atoms with Crippen molar-refractivity contribution in [2.45, 2.75) is 19.8 Å². The van der Waals surface area contributed by atoms with Gasteiger partial charge in [-0.15, -0.1) is 0 Å². The Hall–Kier alpha value is 0.400. The van der Waals surface area contributed by atoms with E-state index >= 15 is 0 Å². The van der Waals surface area contributed by atoms with Crippen LogP contribution in [0.25, 0.3) is 0 Å². The van der Waals surface area contributed by atoms with Crippen LogP contribution >= 0.6 is 15.9 Å². The van der Waals surface area contributed by atoms with E-state index in [-0.39, 0.29) is 0 Å². The Labute approximate surface area is 96.1 Å². The van der Waals surface area contributed by atoms with Crippen LogP contribution in [0.3, 0.4) is 0 Å². The molecule has 1 aliphatic rings. The van der Waals surface area contributed by atoms with E-state index < -0.39 is 0 Å². The van der Waals surface area contributed by atoms with Crippen LogP contribution in [0.1, 0.15) is 19.8 Å². The fourth-order valence-electron chi connectivity index (χ4n) is 2.03. The molecule has 1 rings (SSSR count). The van der Waals surface area contributed by atoms with Gasteiger partial charge in [-0.3, -0.25) is 0 Å². The summed E-state index contributed by atoms with van der Waals surface area (Å²) in [6.45, 7) is 6.65. The first-order valence-corrected chi connectivity index (χ1v) is 6.66. The van der Waals surface area contributed by atoms with Gasteiger partial charge in [0, 0.05) is 31.6 Å². The van der Waals surface area contributed by atoms with Gasteiger partial charge in [-0.1, -0.05) is 22.9 Å². The van der Waals surface area contributed by atoms with Gasteiger partial charge < -0.3 is 9.64 Å². The molecule has 0 N–H and O–H groups in total. The van der Waals surface area contributed by atoms with Crippen molar-refractivity contribution < 1.29 is 4.74 Å². The molecule has 1 aliphatic heterocycles. The third-order valence-electron chi connectivity index (χ3n) is 2.80. The summed E-state index contributed by atoms with van der Waals surface area (Å²) in [4.78, 5) is 2.46. The Bertz CT molecular complexity index is 148. The minimum atomic E-state index is 0.750. The van der Waals surface area contributed by atoms with Crippen LogP contribution in [0.4, 0.5) is 0 Å². The van der Waals surface area contributed by atoms with Gasteiger partial charge in [0.1, 0.15) is 0 Å². The molecule has 0 aromatic carbocycles. The summed E-state index contributed by atoms with van der Waals surface area (Å²) < 4.78 is 5.36. The topological polar surface area (TPSA) is 12.5 Å². The first-order valence-electron chi connectivity index (χ1n) is 5.54. The molecule has 0 amide bonds. The predicted molar refractivity (Wildman–Crippen MR) is 64.0 cm³/mol.